The zero-order valence-electron chi connectivity index (χ0n) is 11.0. The van der Waals surface area contributed by atoms with E-state index in [1.807, 2.05) is 20.8 Å². The van der Waals surface area contributed by atoms with Crippen LogP contribution in [0.25, 0.3) is 0 Å². The molecule has 0 heterocycles. The molecular weight excluding hydrogens is 214 g/mol. The van der Waals surface area contributed by atoms with E-state index in [2.05, 4.69) is 12.2 Å². The van der Waals surface area contributed by atoms with Crippen molar-refractivity contribution in [1.82, 2.24) is 0 Å². The maximum absolute atomic E-state index is 11.9. The van der Waals surface area contributed by atoms with Gasteiger partial charge in [-0.15, -0.1) is 0 Å². The molecule has 0 saturated heterocycles. The maximum Gasteiger partial charge on any atom is 0.306 e. The number of ether oxygens (including phenoxy) is 1. The van der Waals surface area contributed by atoms with Crippen LogP contribution >= 0.6 is 0 Å². The molecule has 1 fully saturated rings. The van der Waals surface area contributed by atoms with Crippen LogP contribution < -0.4 is 5.73 Å². The molecule has 96 valence electrons. The highest BCUT2D eigenvalue weighted by molar-refractivity contribution is 5.71. The number of esters is 1. The highest BCUT2D eigenvalue weighted by Crippen LogP contribution is 2.57. The Morgan fingerprint density at radius 3 is 2.76 bits per heavy atom. The van der Waals surface area contributed by atoms with E-state index in [9.17, 15) is 4.79 Å². The van der Waals surface area contributed by atoms with Gasteiger partial charge in [0.2, 0.25) is 0 Å². The van der Waals surface area contributed by atoms with Crippen molar-refractivity contribution >= 4 is 5.97 Å². The SMILES string of the molecule is CC(C)(C)OC(=O)C[C@@]1(CN)C[C@@H]2CC=C[C@@H]21. The molecule has 0 bridgehead atoms. The number of allylic oxidation sites excluding steroid dienone is 2. The lowest BCUT2D eigenvalue weighted by Crippen LogP contribution is -2.51. The van der Waals surface area contributed by atoms with Gasteiger partial charge in [0, 0.05) is 0 Å². The van der Waals surface area contributed by atoms with Gasteiger partial charge in [-0.25, -0.2) is 0 Å². The first-order chi connectivity index (χ1) is 7.86. The molecule has 2 N–H and O–H groups in total. The Bertz CT molecular complexity index is 343. The van der Waals surface area contributed by atoms with Crippen LogP contribution in [-0.2, 0) is 9.53 Å². The molecule has 3 nitrogen and oxygen atoms in total. The fourth-order valence-corrected chi connectivity index (χ4v) is 3.26. The van der Waals surface area contributed by atoms with Crippen LogP contribution in [0, 0.1) is 17.3 Å². The quantitative estimate of drug-likeness (QED) is 0.605. The molecule has 0 aromatic rings. The van der Waals surface area contributed by atoms with Crippen LogP contribution in [0.2, 0.25) is 0 Å². The predicted molar refractivity (Wildman–Crippen MR) is 67.3 cm³/mol. The lowest BCUT2D eigenvalue weighted by atomic mass is 9.53. The molecule has 0 aromatic carbocycles. The zero-order valence-corrected chi connectivity index (χ0v) is 11.0. The Morgan fingerprint density at radius 1 is 1.53 bits per heavy atom. The van der Waals surface area contributed by atoms with Crippen molar-refractivity contribution in [2.45, 2.75) is 45.6 Å². The van der Waals surface area contributed by atoms with Gasteiger partial charge in [-0.05, 0) is 57.4 Å². The van der Waals surface area contributed by atoms with E-state index in [4.69, 9.17) is 10.5 Å². The second kappa shape index (κ2) is 4.13. The summed E-state index contributed by atoms with van der Waals surface area (Å²) in [5.41, 5.74) is 5.47. The molecule has 0 radical (unpaired) electrons. The van der Waals surface area contributed by atoms with Crippen molar-refractivity contribution in [2.75, 3.05) is 6.54 Å². The van der Waals surface area contributed by atoms with Gasteiger partial charge in [0.1, 0.15) is 5.60 Å². The first kappa shape index (κ1) is 12.6. The van der Waals surface area contributed by atoms with Crippen LogP contribution in [-0.4, -0.2) is 18.1 Å². The van der Waals surface area contributed by atoms with E-state index < -0.39 is 5.60 Å². The minimum Gasteiger partial charge on any atom is -0.460 e. The van der Waals surface area contributed by atoms with Gasteiger partial charge in [0.05, 0.1) is 6.42 Å². The van der Waals surface area contributed by atoms with Gasteiger partial charge in [-0.3, -0.25) is 4.79 Å². The van der Waals surface area contributed by atoms with Crippen LogP contribution in [0.1, 0.15) is 40.0 Å². The molecule has 3 heteroatoms. The molecule has 0 spiro atoms. The minimum absolute atomic E-state index is 0.0278. The molecule has 0 aromatic heterocycles. The number of hydrogen-bond donors (Lipinski definition) is 1. The van der Waals surface area contributed by atoms with E-state index >= 15 is 0 Å². The summed E-state index contributed by atoms with van der Waals surface area (Å²) in [5.74, 6) is 1.11. The first-order valence-electron chi connectivity index (χ1n) is 6.45. The fraction of sp³-hybridized carbons (Fsp3) is 0.786. The highest BCUT2D eigenvalue weighted by atomic mass is 16.6. The van der Waals surface area contributed by atoms with Crippen LogP contribution in [0.4, 0.5) is 0 Å². The standard InChI is InChI=1S/C14H23NO2/c1-13(2,3)17-12(16)8-14(9-15)7-10-5-4-6-11(10)14/h4,6,10-11H,5,7-9,15H2,1-3H3/t10-,11-,14+/m0/s1. The Labute approximate surface area is 103 Å². The molecule has 3 atom stereocenters. The second-order valence-corrected chi connectivity index (χ2v) is 6.48. The molecule has 1 saturated carbocycles. The van der Waals surface area contributed by atoms with E-state index in [0.717, 1.165) is 18.8 Å². The third-order valence-corrected chi connectivity index (χ3v) is 3.99. The number of carbonyl (C=O) groups excluding carboxylic acids is 1. The van der Waals surface area contributed by atoms with Crippen LogP contribution in [0.5, 0.6) is 0 Å². The molecule has 17 heavy (non-hydrogen) atoms. The van der Waals surface area contributed by atoms with Gasteiger partial charge in [-0.1, -0.05) is 12.2 Å². The molecule has 0 unspecified atom stereocenters. The summed E-state index contributed by atoms with van der Waals surface area (Å²) in [4.78, 5) is 11.9. The van der Waals surface area contributed by atoms with Gasteiger partial charge in [-0.2, -0.15) is 0 Å². The average molecular weight is 237 g/mol. The lowest BCUT2D eigenvalue weighted by molar-refractivity contribution is -0.162. The summed E-state index contributed by atoms with van der Waals surface area (Å²) in [6.07, 6.45) is 7.15. The summed E-state index contributed by atoms with van der Waals surface area (Å²) in [6, 6.07) is 0. The summed E-state index contributed by atoms with van der Waals surface area (Å²) in [5, 5.41) is 0. The van der Waals surface area contributed by atoms with E-state index in [1.165, 1.54) is 0 Å². The molecule has 2 aliphatic carbocycles. The minimum atomic E-state index is -0.401. The summed E-state index contributed by atoms with van der Waals surface area (Å²) in [6.45, 7) is 6.29. The Kier molecular flexibility index (Phi) is 3.06. The highest BCUT2D eigenvalue weighted by Gasteiger charge is 2.53. The Hall–Kier alpha value is -0.830. The molecule has 2 rings (SSSR count). The number of nitrogens with two attached hydrogens (primary N) is 1. The molecular formula is C14H23NO2. The summed E-state index contributed by atoms with van der Waals surface area (Å²) < 4.78 is 5.40. The second-order valence-electron chi connectivity index (χ2n) is 6.48. The monoisotopic (exact) mass is 237 g/mol. The van der Waals surface area contributed by atoms with Crippen molar-refractivity contribution in [2.24, 2.45) is 23.0 Å². The largest absolute Gasteiger partial charge is 0.460 e. The number of hydrogen-bond acceptors (Lipinski definition) is 3. The topological polar surface area (TPSA) is 52.3 Å². The number of carbonyl (C=O) groups is 1. The van der Waals surface area contributed by atoms with Gasteiger partial charge >= 0.3 is 5.97 Å². The third-order valence-electron chi connectivity index (χ3n) is 3.99. The number of rotatable bonds is 3. The Morgan fingerprint density at radius 2 is 2.24 bits per heavy atom. The smallest absolute Gasteiger partial charge is 0.306 e. The van der Waals surface area contributed by atoms with Gasteiger partial charge in [0.25, 0.3) is 0 Å². The summed E-state index contributed by atoms with van der Waals surface area (Å²) in [7, 11) is 0. The average Bonchev–Trinajstić information content (AvgIpc) is 2.54. The molecule has 2 aliphatic rings. The zero-order chi connectivity index (χ0) is 12.7. The van der Waals surface area contributed by atoms with Crippen LogP contribution in [0.15, 0.2) is 12.2 Å². The maximum atomic E-state index is 11.9. The first-order valence-corrected chi connectivity index (χ1v) is 6.45. The van der Waals surface area contributed by atoms with Gasteiger partial charge in [0.15, 0.2) is 0 Å². The van der Waals surface area contributed by atoms with Crippen molar-refractivity contribution < 1.29 is 9.53 Å². The van der Waals surface area contributed by atoms with Crippen molar-refractivity contribution in [3.8, 4) is 0 Å². The predicted octanol–water partition coefficient (Wildman–Crippen LogP) is 2.26. The molecule has 0 amide bonds. The fourth-order valence-electron chi connectivity index (χ4n) is 3.26. The van der Waals surface area contributed by atoms with Crippen molar-refractivity contribution in [3.05, 3.63) is 12.2 Å². The van der Waals surface area contributed by atoms with Crippen molar-refractivity contribution in [3.63, 3.8) is 0 Å². The van der Waals surface area contributed by atoms with E-state index in [1.54, 1.807) is 0 Å². The number of fused-ring (bicyclic) bond motifs is 1. The lowest BCUT2D eigenvalue weighted by Gasteiger charge is -2.51. The van der Waals surface area contributed by atoms with E-state index in [-0.39, 0.29) is 11.4 Å². The molecule has 0 aliphatic heterocycles. The third kappa shape index (κ3) is 2.39. The Balaban J connectivity index is 1.97. The summed E-state index contributed by atoms with van der Waals surface area (Å²) >= 11 is 0. The van der Waals surface area contributed by atoms with Gasteiger partial charge < -0.3 is 10.5 Å². The van der Waals surface area contributed by atoms with E-state index in [0.29, 0.717) is 18.9 Å². The normalized spacial score (nSPS) is 35.3. The van der Waals surface area contributed by atoms with Crippen LogP contribution in [0.3, 0.4) is 0 Å². The van der Waals surface area contributed by atoms with Crippen molar-refractivity contribution in [1.29, 1.82) is 0 Å².